The molecule has 0 bridgehead atoms. The van der Waals surface area contributed by atoms with E-state index in [0.29, 0.717) is 6.04 Å². The first-order chi connectivity index (χ1) is 7.36. The third-order valence-corrected chi connectivity index (χ3v) is 3.61. The summed E-state index contributed by atoms with van der Waals surface area (Å²) in [5, 5.41) is 7.00. The molecule has 2 N–H and O–H groups in total. The van der Waals surface area contributed by atoms with Gasteiger partial charge in [-0.25, -0.2) is 0 Å². The standard InChI is InChI=1S/C12H17BrN2.2ClH/c13-12-6-2-1-4-10(12)8-15-11-5-3-7-14-9-11;;/h1-2,4,6,11,14-15H,3,5,7-9H2;2*1H. The summed E-state index contributed by atoms with van der Waals surface area (Å²) in [6.07, 6.45) is 2.57. The number of rotatable bonds is 3. The Kier molecular flexibility index (Phi) is 9.28. The molecule has 2 rings (SSSR count). The predicted octanol–water partition coefficient (Wildman–Crippen LogP) is 3.13. The molecule has 0 amide bonds. The number of hydrogen-bond acceptors (Lipinski definition) is 2. The summed E-state index contributed by atoms with van der Waals surface area (Å²) in [4.78, 5) is 0. The molecule has 1 aromatic carbocycles. The number of hydrogen-bond donors (Lipinski definition) is 2. The Hall–Kier alpha value is 0.200. The normalized spacial score (nSPS) is 19.0. The average Bonchev–Trinajstić information content (AvgIpc) is 2.29. The quantitative estimate of drug-likeness (QED) is 0.882. The molecule has 1 aromatic rings. The molecule has 1 atom stereocenters. The van der Waals surface area contributed by atoms with Crippen molar-refractivity contribution in [3.05, 3.63) is 34.3 Å². The lowest BCUT2D eigenvalue weighted by Crippen LogP contribution is -2.42. The molecule has 1 heterocycles. The lowest BCUT2D eigenvalue weighted by Gasteiger charge is -2.24. The number of nitrogens with one attached hydrogen (secondary N) is 2. The van der Waals surface area contributed by atoms with Crippen LogP contribution in [0.3, 0.4) is 0 Å². The van der Waals surface area contributed by atoms with Gasteiger partial charge in [-0.3, -0.25) is 0 Å². The van der Waals surface area contributed by atoms with Crippen molar-refractivity contribution >= 4 is 40.7 Å². The molecule has 17 heavy (non-hydrogen) atoms. The Morgan fingerprint density at radius 3 is 2.71 bits per heavy atom. The average molecular weight is 342 g/mol. The van der Waals surface area contributed by atoms with E-state index in [1.807, 2.05) is 0 Å². The van der Waals surface area contributed by atoms with Gasteiger partial charge in [0.05, 0.1) is 0 Å². The first-order valence-corrected chi connectivity index (χ1v) is 6.33. The summed E-state index contributed by atoms with van der Waals surface area (Å²) in [5.41, 5.74) is 1.34. The Bertz CT molecular complexity index is 317. The van der Waals surface area contributed by atoms with Gasteiger partial charge in [0.2, 0.25) is 0 Å². The second-order valence-corrected chi connectivity index (χ2v) is 4.87. The van der Waals surface area contributed by atoms with Gasteiger partial charge in [0.1, 0.15) is 0 Å². The summed E-state index contributed by atoms with van der Waals surface area (Å²) >= 11 is 3.57. The highest BCUT2D eigenvalue weighted by Crippen LogP contribution is 2.15. The molecule has 0 aromatic heterocycles. The monoisotopic (exact) mass is 340 g/mol. The Labute approximate surface area is 124 Å². The van der Waals surface area contributed by atoms with E-state index < -0.39 is 0 Å². The fraction of sp³-hybridized carbons (Fsp3) is 0.500. The van der Waals surface area contributed by atoms with E-state index in [4.69, 9.17) is 0 Å². The highest BCUT2D eigenvalue weighted by atomic mass is 79.9. The van der Waals surface area contributed by atoms with Gasteiger partial charge >= 0.3 is 0 Å². The molecular formula is C12H19BrCl2N2. The van der Waals surface area contributed by atoms with E-state index in [1.165, 1.54) is 29.4 Å². The van der Waals surface area contributed by atoms with Crippen LogP contribution in [0.25, 0.3) is 0 Å². The maximum absolute atomic E-state index is 3.59. The molecule has 98 valence electrons. The van der Waals surface area contributed by atoms with Gasteiger partial charge in [-0.05, 0) is 31.0 Å². The third kappa shape index (κ3) is 5.58. The molecule has 0 saturated carbocycles. The summed E-state index contributed by atoms with van der Waals surface area (Å²) < 4.78 is 1.20. The van der Waals surface area contributed by atoms with Gasteiger partial charge in [0.15, 0.2) is 0 Å². The SMILES string of the molecule is Brc1ccccc1CNC1CCCNC1.Cl.Cl. The van der Waals surface area contributed by atoms with Crippen LogP contribution in [0.15, 0.2) is 28.7 Å². The van der Waals surface area contributed by atoms with Crippen molar-refractivity contribution in [2.24, 2.45) is 0 Å². The molecule has 1 saturated heterocycles. The van der Waals surface area contributed by atoms with Crippen LogP contribution < -0.4 is 10.6 Å². The zero-order valence-corrected chi connectivity index (χ0v) is 12.8. The van der Waals surface area contributed by atoms with Crippen LogP contribution in [0, 0.1) is 0 Å². The van der Waals surface area contributed by atoms with E-state index >= 15 is 0 Å². The minimum absolute atomic E-state index is 0. The molecular weight excluding hydrogens is 323 g/mol. The van der Waals surface area contributed by atoms with Crippen LogP contribution >= 0.6 is 40.7 Å². The van der Waals surface area contributed by atoms with Gasteiger partial charge in [0, 0.05) is 23.6 Å². The zero-order chi connectivity index (χ0) is 10.5. The van der Waals surface area contributed by atoms with Crippen molar-refractivity contribution in [1.82, 2.24) is 10.6 Å². The summed E-state index contributed by atoms with van der Waals surface area (Å²) in [6, 6.07) is 9.02. The number of piperidine rings is 1. The fourth-order valence-corrected chi connectivity index (χ4v) is 2.35. The van der Waals surface area contributed by atoms with Crippen molar-refractivity contribution in [1.29, 1.82) is 0 Å². The minimum atomic E-state index is 0. The highest BCUT2D eigenvalue weighted by molar-refractivity contribution is 9.10. The van der Waals surface area contributed by atoms with E-state index in [2.05, 4.69) is 50.8 Å². The smallest absolute Gasteiger partial charge is 0.0220 e. The first kappa shape index (κ1) is 17.2. The summed E-state index contributed by atoms with van der Waals surface area (Å²) in [5.74, 6) is 0. The third-order valence-electron chi connectivity index (χ3n) is 2.84. The molecule has 1 fully saturated rings. The molecule has 1 unspecified atom stereocenters. The van der Waals surface area contributed by atoms with Crippen LogP contribution in [-0.2, 0) is 6.54 Å². The Morgan fingerprint density at radius 1 is 1.29 bits per heavy atom. The number of benzene rings is 1. The maximum Gasteiger partial charge on any atom is 0.0220 e. The van der Waals surface area contributed by atoms with Crippen molar-refractivity contribution in [2.75, 3.05) is 13.1 Å². The van der Waals surface area contributed by atoms with Crippen molar-refractivity contribution < 1.29 is 0 Å². The van der Waals surface area contributed by atoms with Gasteiger partial charge in [-0.2, -0.15) is 0 Å². The highest BCUT2D eigenvalue weighted by Gasteiger charge is 2.11. The van der Waals surface area contributed by atoms with E-state index in [0.717, 1.165) is 13.1 Å². The van der Waals surface area contributed by atoms with Gasteiger partial charge in [0.25, 0.3) is 0 Å². The molecule has 0 radical (unpaired) electrons. The molecule has 1 aliphatic heterocycles. The lowest BCUT2D eigenvalue weighted by molar-refractivity contribution is 0.389. The van der Waals surface area contributed by atoms with E-state index in [9.17, 15) is 0 Å². The van der Waals surface area contributed by atoms with Crippen molar-refractivity contribution in [2.45, 2.75) is 25.4 Å². The second kappa shape index (κ2) is 9.17. The largest absolute Gasteiger partial charge is 0.315 e. The van der Waals surface area contributed by atoms with Gasteiger partial charge in [-0.1, -0.05) is 34.1 Å². The first-order valence-electron chi connectivity index (χ1n) is 5.54. The molecule has 2 nitrogen and oxygen atoms in total. The molecule has 0 aliphatic carbocycles. The summed E-state index contributed by atoms with van der Waals surface area (Å²) in [6.45, 7) is 3.23. The zero-order valence-electron chi connectivity index (χ0n) is 9.62. The topological polar surface area (TPSA) is 24.1 Å². The van der Waals surface area contributed by atoms with Crippen LogP contribution in [0.4, 0.5) is 0 Å². The van der Waals surface area contributed by atoms with Crippen molar-refractivity contribution in [3.63, 3.8) is 0 Å². The summed E-state index contributed by atoms with van der Waals surface area (Å²) in [7, 11) is 0. The van der Waals surface area contributed by atoms with Crippen LogP contribution in [0.5, 0.6) is 0 Å². The van der Waals surface area contributed by atoms with Crippen LogP contribution in [0.1, 0.15) is 18.4 Å². The lowest BCUT2D eigenvalue weighted by atomic mass is 10.1. The van der Waals surface area contributed by atoms with Crippen LogP contribution in [0.2, 0.25) is 0 Å². The minimum Gasteiger partial charge on any atom is -0.315 e. The number of halogens is 3. The molecule has 0 spiro atoms. The second-order valence-electron chi connectivity index (χ2n) is 4.02. The van der Waals surface area contributed by atoms with Gasteiger partial charge in [-0.15, -0.1) is 24.8 Å². The Morgan fingerprint density at radius 2 is 2.06 bits per heavy atom. The molecule has 5 heteroatoms. The Balaban J connectivity index is 0.00000128. The van der Waals surface area contributed by atoms with Crippen molar-refractivity contribution in [3.8, 4) is 0 Å². The maximum atomic E-state index is 3.59. The predicted molar refractivity (Wildman–Crippen MR) is 81.4 cm³/mol. The van der Waals surface area contributed by atoms with Crippen LogP contribution in [-0.4, -0.2) is 19.1 Å². The van der Waals surface area contributed by atoms with Gasteiger partial charge < -0.3 is 10.6 Å². The molecule has 1 aliphatic rings. The van der Waals surface area contributed by atoms with E-state index in [-0.39, 0.29) is 24.8 Å². The fourth-order valence-electron chi connectivity index (χ4n) is 1.92. The van der Waals surface area contributed by atoms with E-state index in [1.54, 1.807) is 0 Å².